The highest BCUT2D eigenvalue weighted by Crippen LogP contribution is 2.28. The van der Waals surface area contributed by atoms with Gasteiger partial charge in [-0.1, -0.05) is 0 Å². The number of amides is 1. The van der Waals surface area contributed by atoms with Crippen LogP contribution in [-0.2, 0) is 12.8 Å². The Kier molecular flexibility index (Phi) is 6.17. The SMILES string of the molecule is Cc1nc(CSc2ccc(C(=O)N3CCC(c4n[nH]c(=S)n4C)CC3)cc2)cs1. The van der Waals surface area contributed by atoms with E-state index in [0.717, 1.165) is 58.7 Å². The van der Waals surface area contributed by atoms with Crippen LogP contribution in [-0.4, -0.2) is 43.6 Å². The zero-order valence-corrected chi connectivity index (χ0v) is 18.9. The molecule has 2 aromatic heterocycles. The van der Waals surface area contributed by atoms with Crippen molar-refractivity contribution in [3.8, 4) is 0 Å². The number of piperidine rings is 1. The van der Waals surface area contributed by atoms with Gasteiger partial charge in [0.05, 0.1) is 10.7 Å². The number of carbonyl (C=O) groups excluding carboxylic acids is 1. The van der Waals surface area contributed by atoms with Gasteiger partial charge in [0.1, 0.15) is 5.82 Å². The zero-order valence-electron chi connectivity index (χ0n) is 16.4. The van der Waals surface area contributed by atoms with Crippen LogP contribution in [0.1, 0.15) is 45.6 Å². The Morgan fingerprint density at radius 1 is 1.31 bits per heavy atom. The van der Waals surface area contributed by atoms with Crippen LogP contribution in [0.4, 0.5) is 0 Å². The molecule has 3 aromatic rings. The van der Waals surface area contributed by atoms with Crippen LogP contribution in [0.25, 0.3) is 0 Å². The third-order valence-electron chi connectivity index (χ3n) is 5.22. The molecule has 1 aliphatic heterocycles. The Balaban J connectivity index is 1.32. The van der Waals surface area contributed by atoms with Gasteiger partial charge in [-0.3, -0.25) is 9.89 Å². The predicted octanol–water partition coefficient (Wildman–Crippen LogP) is 4.55. The Bertz CT molecular complexity index is 1040. The van der Waals surface area contributed by atoms with Crippen LogP contribution < -0.4 is 0 Å². The standard InChI is InChI=1S/C20H23N5OS3/c1-13-21-16(11-28-13)12-29-17-5-3-15(4-6-17)19(26)25-9-7-14(8-10-25)18-22-23-20(27)24(18)2/h3-6,11,14H,7-10,12H2,1-2H3,(H,23,27). The van der Waals surface area contributed by atoms with Crippen molar-refractivity contribution in [2.75, 3.05) is 13.1 Å². The summed E-state index contributed by atoms with van der Waals surface area (Å²) in [5.74, 6) is 2.27. The molecule has 29 heavy (non-hydrogen) atoms. The number of thioether (sulfide) groups is 1. The number of likely N-dealkylation sites (tertiary alicyclic amines) is 1. The number of benzene rings is 1. The average Bonchev–Trinajstić information content (AvgIpc) is 3.31. The summed E-state index contributed by atoms with van der Waals surface area (Å²) >= 11 is 8.62. The van der Waals surface area contributed by atoms with Crippen molar-refractivity contribution >= 4 is 41.2 Å². The summed E-state index contributed by atoms with van der Waals surface area (Å²) in [5.41, 5.74) is 1.85. The summed E-state index contributed by atoms with van der Waals surface area (Å²) in [4.78, 5) is 20.5. The minimum atomic E-state index is 0.102. The van der Waals surface area contributed by atoms with Gasteiger partial charge in [0.25, 0.3) is 5.91 Å². The maximum Gasteiger partial charge on any atom is 0.253 e. The number of hydrogen-bond donors (Lipinski definition) is 1. The molecule has 0 spiro atoms. The molecule has 0 bridgehead atoms. The van der Waals surface area contributed by atoms with Crippen LogP contribution in [0.2, 0.25) is 0 Å². The first-order valence-electron chi connectivity index (χ1n) is 9.55. The number of aromatic nitrogens is 4. The predicted molar refractivity (Wildman–Crippen MR) is 119 cm³/mol. The lowest BCUT2D eigenvalue weighted by Crippen LogP contribution is -2.38. The largest absolute Gasteiger partial charge is 0.339 e. The van der Waals surface area contributed by atoms with E-state index in [4.69, 9.17) is 12.2 Å². The zero-order chi connectivity index (χ0) is 20.4. The van der Waals surface area contributed by atoms with Crippen LogP contribution in [0.15, 0.2) is 34.5 Å². The van der Waals surface area contributed by atoms with E-state index in [2.05, 4.69) is 20.6 Å². The Morgan fingerprint density at radius 2 is 2.03 bits per heavy atom. The summed E-state index contributed by atoms with van der Waals surface area (Å²) in [6, 6.07) is 7.91. The van der Waals surface area contributed by atoms with Crippen molar-refractivity contribution in [2.24, 2.45) is 7.05 Å². The average molecular weight is 446 g/mol. The number of carbonyl (C=O) groups is 1. The second kappa shape index (κ2) is 8.81. The molecular weight excluding hydrogens is 422 g/mol. The van der Waals surface area contributed by atoms with Crippen molar-refractivity contribution < 1.29 is 4.79 Å². The topological polar surface area (TPSA) is 66.8 Å². The van der Waals surface area contributed by atoms with Crippen molar-refractivity contribution in [2.45, 2.75) is 36.3 Å². The molecule has 1 aliphatic rings. The van der Waals surface area contributed by atoms with Gasteiger partial charge in [-0.2, -0.15) is 5.10 Å². The van der Waals surface area contributed by atoms with Gasteiger partial charge in [-0.15, -0.1) is 23.1 Å². The van der Waals surface area contributed by atoms with E-state index < -0.39 is 0 Å². The fraction of sp³-hybridized carbons (Fsp3) is 0.400. The molecule has 0 unspecified atom stereocenters. The number of nitrogens with zero attached hydrogens (tertiary/aromatic N) is 4. The molecule has 1 N–H and O–H groups in total. The van der Waals surface area contributed by atoms with Gasteiger partial charge in [-0.25, -0.2) is 4.98 Å². The van der Waals surface area contributed by atoms with E-state index in [-0.39, 0.29) is 5.91 Å². The Labute approximate surface area is 183 Å². The molecule has 6 nitrogen and oxygen atoms in total. The summed E-state index contributed by atoms with van der Waals surface area (Å²) in [7, 11) is 1.94. The molecule has 3 heterocycles. The highest BCUT2D eigenvalue weighted by molar-refractivity contribution is 7.98. The summed E-state index contributed by atoms with van der Waals surface area (Å²) in [5, 5.41) is 10.4. The van der Waals surface area contributed by atoms with E-state index in [9.17, 15) is 4.79 Å². The number of rotatable bonds is 5. The summed E-state index contributed by atoms with van der Waals surface area (Å²) < 4.78 is 2.57. The molecule has 1 amide bonds. The fourth-order valence-electron chi connectivity index (χ4n) is 3.57. The third kappa shape index (κ3) is 4.62. The molecule has 0 radical (unpaired) electrons. The number of hydrogen-bond acceptors (Lipinski definition) is 6. The van der Waals surface area contributed by atoms with E-state index in [1.807, 2.05) is 47.7 Å². The van der Waals surface area contributed by atoms with Crippen molar-refractivity contribution in [3.63, 3.8) is 0 Å². The number of thiazole rings is 1. The second-order valence-corrected chi connectivity index (χ2v) is 9.68. The van der Waals surface area contributed by atoms with E-state index in [1.54, 1.807) is 23.1 Å². The van der Waals surface area contributed by atoms with Gasteiger partial charge >= 0.3 is 0 Å². The lowest BCUT2D eigenvalue weighted by molar-refractivity contribution is 0.0710. The van der Waals surface area contributed by atoms with E-state index in [0.29, 0.717) is 10.7 Å². The van der Waals surface area contributed by atoms with Crippen molar-refractivity contribution in [1.82, 2.24) is 24.6 Å². The summed E-state index contributed by atoms with van der Waals surface area (Å²) in [6.07, 6.45) is 1.81. The van der Waals surface area contributed by atoms with Gasteiger partial charge in [-0.05, 0) is 56.2 Å². The third-order valence-corrected chi connectivity index (χ3v) is 7.45. The lowest BCUT2D eigenvalue weighted by Gasteiger charge is -2.31. The van der Waals surface area contributed by atoms with Crippen LogP contribution in [0.5, 0.6) is 0 Å². The van der Waals surface area contributed by atoms with Crippen LogP contribution in [0.3, 0.4) is 0 Å². The molecule has 1 fully saturated rings. The molecule has 152 valence electrons. The maximum atomic E-state index is 12.9. The van der Waals surface area contributed by atoms with Gasteiger partial charge in [0.15, 0.2) is 4.77 Å². The van der Waals surface area contributed by atoms with Crippen LogP contribution >= 0.6 is 35.3 Å². The molecule has 0 atom stereocenters. The first-order valence-corrected chi connectivity index (χ1v) is 11.8. The second-order valence-electron chi connectivity index (χ2n) is 7.18. The molecule has 9 heteroatoms. The number of nitrogens with one attached hydrogen (secondary N) is 1. The van der Waals surface area contributed by atoms with Gasteiger partial charge in [0, 0.05) is 47.6 Å². The Morgan fingerprint density at radius 3 is 2.62 bits per heavy atom. The molecule has 4 rings (SSSR count). The van der Waals surface area contributed by atoms with Gasteiger partial charge < -0.3 is 9.47 Å². The monoisotopic (exact) mass is 445 g/mol. The number of aryl methyl sites for hydroxylation is 1. The van der Waals surface area contributed by atoms with Gasteiger partial charge in [0.2, 0.25) is 0 Å². The molecule has 1 aromatic carbocycles. The minimum absolute atomic E-state index is 0.102. The molecule has 0 aliphatic carbocycles. The molecule has 1 saturated heterocycles. The summed E-state index contributed by atoms with van der Waals surface area (Å²) in [6.45, 7) is 3.50. The smallest absolute Gasteiger partial charge is 0.253 e. The van der Waals surface area contributed by atoms with E-state index >= 15 is 0 Å². The highest BCUT2D eigenvalue weighted by atomic mass is 32.2. The first kappa shape index (κ1) is 20.3. The molecule has 0 saturated carbocycles. The lowest BCUT2D eigenvalue weighted by atomic mass is 9.95. The minimum Gasteiger partial charge on any atom is -0.339 e. The normalized spacial score (nSPS) is 15.0. The number of H-pyrrole nitrogens is 1. The number of aromatic amines is 1. The fourth-order valence-corrected chi connectivity index (χ4v) is 5.22. The van der Waals surface area contributed by atoms with Crippen molar-refractivity contribution in [1.29, 1.82) is 0 Å². The van der Waals surface area contributed by atoms with Crippen LogP contribution in [0, 0.1) is 11.7 Å². The van der Waals surface area contributed by atoms with Crippen molar-refractivity contribution in [3.05, 3.63) is 56.5 Å². The van der Waals surface area contributed by atoms with E-state index in [1.165, 1.54) is 0 Å². The maximum absolute atomic E-state index is 12.9. The quantitative estimate of drug-likeness (QED) is 0.461. The molecular formula is C20H23N5OS3. The highest BCUT2D eigenvalue weighted by Gasteiger charge is 2.27. The first-order chi connectivity index (χ1) is 14.0. The Hall–Kier alpha value is -1.97.